The molecule has 0 aromatic carbocycles. The summed E-state index contributed by atoms with van der Waals surface area (Å²) in [5, 5.41) is 13.9. The molecule has 2 aliphatic rings. The van der Waals surface area contributed by atoms with Crippen LogP contribution in [0.4, 0.5) is 0 Å². The highest BCUT2D eigenvalue weighted by molar-refractivity contribution is 5.79. The number of hydrogen-bond acceptors (Lipinski definition) is 11. The molecular formula is C34H63NO12. The van der Waals surface area contributed by atoms with Crippen molar-refractivity contribution in [2.45, 2.75) is 121 Å². The van der Waals surface area contributed by atoms with Crippen LogP contribution in [-0.4, -0.2) is 137 Å². The van der Waals surface area contributed by atoms with E-state index < -0.39 is 61.5 Å². The van der Waals surface area contributed by atoms with Gasteiger partial charge in [0, 0.05) is 55.0 Å². The first-order chi connectivity index (χ1) is 21.3. The van der Waals surface area contributed by atoms with Gasteiger partial charge in [0.25, 0.3) is 0 Å². The molecule has 0 aromatic rings. The summed E-state index contributed by atoms with van der Waals surface area (Å²) in [5.74, 6) is -1.46. The maximum absolute atomic E-state index is 13.1. The number of rotatable bonds is 15. The fourth-order valence-electron chi connectivity index (χ4n) is 9.02. The van der Waals surface area contributed by atoms with Gasteiger partial charge in [-0.3, -0.25) is 4.79 Å². The molecule has 2 saturated heterocycles. The second kappa shape index (κ2) is 13.4. The zero-order valence-electron chi connectivity index (χ0n) is 32.0. The van der Waals surface area contributed by atoms with E-state index in [1.54, 1.807) is 35.2 Å². The van der Waals surface area contributed by atoms with Gasteiger partial charge >= 0.3 is 5.97 Å². The SMILES string of the molecule is COCC1(C)OC(C)(COC)C(C)(OC)C(C)(COCC2(C)OC(C)(C(=O)O)C(C)(COC)C(C)(OC)C2(C)OC)C1(C)NC(C)=O. The van der Waals surface area contributed by atoms with E-state index in [0.29, 0.717) is 0 Å². The number of methoxy groups -OCH3 is 6. The summed E-state index contributed by atoms with van der Waals surface area (Å²) in [6, 6.07) is 0. The Kier molecular flexibility index (Phi) is 11.9. The van der Waals surface area contributed by atoms with Gasteiger partial charge in [0.1, 0.15) is 33.6 Å². The molecule has 0 bridgehead atoms. The molecule has 2 aliphatic heterocycles. The topological polar surface area (TPSA) is 149 Å². The van der Waals surface area contributed by atoms with E-state index in [9.17, 15) is 14.7 Å². The Morgan fingerprint density at radius 2 is 1.02 bits per heavy atom. The van der Waals surface area contributed by atoms with Crippen molar-refractivity contribution in [2.24, 2.45) is 10.8 Å². The smallest absolute Gasteiger partial charge is 0.336 e. The Morgan fingerprint density at radius 3 is 1.43 bits per heavy atom. The van der Waals surface area contributed by atoms with Crippen molar-refractivity contribution in [3.05, 3.63) is 0 Å². The van der Waals surface area contributed by atoms with Gasteiger partial charge in [-0.05, 0) is 55.4 Å². The van der Waals surface area contributed by atoms with Gasteiger partial charge in [-0.25, -0.2) is 4.79 Å². The Balaban J connectivity index is 2.82. The van der Waals surface area contributed by atoms with Crippen LogP contribution in [0.3, 0.4) is 0 Å². The van der Waals surface area contributed by atoms with Crippen molar-refractivity contribution in [3.63, 3.8) is 0 Å². The lowest BCUT2D eigenvalue weighted by molar-refractivity contribution is -0.400. The minimum absolute atomic E-state index is 0.00233. The Labute approximate surface area is 281 Å². The lowest BCUT2D eigenvalue weighted by Gasteiger charge is -2.71. The second-order valence-electron chi connectivity index (χ2n) is 15.2. The van der Waals surface area contributed by atoms with E-state index in [1.165, 1.54) is 35.2 Å². The first kappa shape index (κ1) is 41.7. The van der Waals surface area contributed by atoms with E-state index >= 15 is 0 Å². The zero-order chi connectivity index (χ0) is 36.8. The molecule has 13 heteroatoms. The minimum Gasteiger partial charge on any atom is -0.479 e. The van der Waals surface area contributed by atoms with Crippen molar-refractivity contribution < 1.29 is 57.3 Å². The highest BCUT2D eigenvalue weighted by Gasteiger charge is 2.79. The van der Waals surface area contributed by atoms with Crippen LogP contribution in [-0.2, 0) is 52.2 Å². The van der Waals surface area contributed by atoms with Gasteiger partial charge in [-0.15, -0.1) is 0 Å². The van der Waals surface area contributed by atoms with Crippen molar-refractivity contribution in [1.82, 2.24) is 5.32 Å². The largest absolute Gasteiger partial charge is 0.479 e. The van der Waals surface area contributed by atoms with Crippen LogP contribution in [0.1, 0.15) is 76.2 Å². The van der Waals surface area contributed by atoms with Crippen LogP contribution in [0.25, 0.3) is 0 Å². The molecule has 0 saturated carbocycles. The van der Waals surface area contributed by atoms with Crippen LogP contribution in [0.15, 0.2) is 0 Å². The molecule has 276 valence electrons. The first-order valence-corrected chi connectivity index (χ1v) is 16.0. The monoisotopic (exact) mass is 677 g/mol. The molecule has 0 aliphatic carbocycles. The summed E-state index contributed by atoms with van der Waals surface area (Å²) in [6.07, 6.45) is 0. The van der Waals surface area contributed by atoms with Crippen LogP contribution in [0, 0.1) is 10.8 Å². The number of carboxylic acid groups (broad SMARTS) is 1. The highest BCUT2D eigenvalue weighted by atomic mass is 16.6. The zero-order valence-corrected chi connectivity index (χ0v) is 32.0. The first-order valence-electron chi connectivity index (χ1n) is 16.0. The van der Waals surface area contributed by atoms with Gasteiger partial charge in [0.05, 0.1) is 44.0 Å². The maximum Gasteiger partial charge on any atom is 0.336 e. The van der Waals surface area contributed by atoms with Crippen molar-refractivity contribution in [1.29, 1.82) is 0 Å². The Bertz CT molecular complexity index is 1160. The quantitative estimate of drug-likeness (QED) is 0.262. The van der Waals surface area contributed by atoms with E-state index in [0.717, 1.165) is 0 Å². The van der Waals surface area contributed by atoms with E-state index in [4.69, 9.17) is 42.6 Å². The highest BCUT2D eigenvalue weighted by Crippen LogP contribution is 2.62. The van der Waals surface area contributed by atoms with Gasteiger partial charge < -0.3 is 53.1 Å². The predicted molar refractivity (Wildman–Crippen MR) is 175 cm³/mol. The Hall–Kier alpha value is -1.42. The van der Waals surface area contributed by atoms with Crippen molar-refractivity contribution in [2.75, 3.05) is 75.7 Å². The van der Waals surface area contributed by atoms with Crippen LogP contribution in [0.2, 0.25) is 0 Å². The number of carbonyl (C=O) groups is 2. The van der Waals surface area contributed by atoms with E-state index in [1.807, 2.05) is 48.5 Å². The molecule has 0 spiro atoms. The third kappa shape index (κ3) is 5.38. The number of carbonyl (C=O) groups excluding carboxylic acids is 1. The third-order valence-corrected chi connectivity index (χ3v) is 13.2. The molecule has 2 N–H and O–H groups in total. The second-order valence-corrected chi connectivity index (χ2v) is 15.2. The van der Waals surface area contributed by atoms with Gasteiger partial charge in [-0.2, -0.15) is 0 Å². The summed E-state index contributed by atoms with van der Waals surface area (Å²) < 4.78 is 56.1. The van der Waals surface area contributed by atoms with Crippen molar-refractivity contribution >= 4 is 11.9 Å². The average Bonchev–Trinajstić information content (AvgIpc) is 2.97. The molecular weight excluding hydrogens is 614 g/mol. The summed E-state index contributed by atoms with van der Waals surface area (Å²) in [7, 11) is 9.33. The fraction of sp³-hybridized carbons (Fsp3) is 0.941. The number of amides is 1. The number of ether oxygens (including phenoxy) is 9. The average molecular weight is 678 g/mol. The normalized spacial score (nSPS) is 47.1. The summed E-state index contributed by atoms with van der Waals surface area (Å²) in [6.45, 7) is 19.9. The molecule has 2 heterocycles. The minimum atomic E-state index is -1.80. The summed E-state index contributed by atoms with van der Waals surface area (Å²) in [4.78, 5) is 26.0. The van der Waals surface area contributed by atoms with Gasteiger partial charge in [0.15, 0.2) is 5.60 Å². The van der Waals surface area contributed by atoms with Crippen LogP contribution < -0.4 is 5.32 Å². The number of aliphatic carboxylic acids is 1. The third-order valence-electron chi connectivity index (χ3n) is 13.2. The lowest BCUT2D eigenvalue weighted by Crippen LogP contribution is -2.87. The molecule has 10 unspecified atom stereocenters. The molecule has 1 amide bonds. The van der Waals surface area contributed by atoms with E-state index in [2.05, 4.69) is 5.32 Å². The number of hydrogen-bond donors (Lipinski definition) is 2. The summed E-state index contributed by atoms with van der Waals surface area (Å²) >= 11 is 0. The number of carboxylic acids is 1. The molecule has 2 fully saturated rings. The number of nitrogens with one attached hydrogen (secondary N) is 1. The van der Waals surface area contributed by atoms with Crippen LogP contribution in [0.5, 0.6) is 0 Å². The molecule has 13 nitrogen and oxygen atoms in total. The van der Waals surface area contributed by atoms with Crippen molar-refractivity contribution in [3.8, 4) is 0 Å². The molecule has 2 rings (SSSR count). The lowest BCUT2D eigenvalue weighted by atomic mass is 9.50. The fourth-order valence-corrected chi connectivity index (χ4v) is 9.02. The van der Waals surface area contributed by atoms with E-state index in [-0.39, 0.29) is 38.9 Å². The molecule has 47 heavy (non-hydrogen) atoms. The predicted octanol–water partition coefficient (Wildman–Crippen LogP) is 3.24. The maximum atomic E-state index is 13.1. The van der Waals surface area contributed by atoms with Gasteiger partial charge in [-0.1, -0.05) is 13.8 Å². The Morgan fingerprint density at radius 1 is 0.574 bits per heavy atom. The van der Waals surface area contributed by atoms with Crippen LogP contribution >= 0.6 is 0 Å². The van der Waals surface area contributed by atoms with Gasteiger partial charge in [0.2, 0.25) is 5.91 Å². The molecule has 0 aromatic heterocycles. The molecule has 0 radical (unpaired) electrons. The standard InChI is InChI=1S/C34H63NO12/c1-23(36)35-31(8)26(3,32(9,42-15)28(5,21-41-14)46-27(31,4)20-40-13)19-45-22-29(6)34(11,44-17)33(10,43-16)25(2,18-39-12)30(7,47-29)24(37)38/h18-22H2,1-17H3,(H,35,36)(H,37,38). The molecule has 10 atom stereocenters. The summed E-state index contributed by atoms with van der Waals surface area (Å²) in [5.41, 5.74) is -12.4.